The molecule has 2 unspecified atom stereocenters. The third kappa shape index (κ3) is 8.82. The molecule has 2 fully saturated rings. The van der Waals surface area contributed by atoms with Gasteiger partial charge in [0.25, 0.3) is 0 Å². The molecule has 2 atom stereocenters. The molecule has 0 saturated carbocycles. The molecule has 5 rings (SSSR count). The molecule has 10 heteroatoms. The fraction of sp³-hybridized carbons (Fsp3) is 0.583. The van der Waals surface area contributed by atoms with Crippen molar-refractivity contribution in [2.24, 2.45) is 5.92 Å². The van der Waals surface area contributed by atoms with Gasteiger partial charge in [0.15, 0.2) is 0 Å². The zero-order valence-electron chi connectivity index (χ0n) is 27.4. The van der Waals surface area contributed by atoms with E-state index in [-0.39, 0.29) is 30.2 Å². The molecule has 0 spiro atoms. The first-order valence-electron chi connectivity index (χ1n) is 16.9. The molecule has 0 aromatic heterocycles. The van der Waals surface area contributed by atoms with E-state index in [1.54, 1.807) is 19.1 Å². The molecule has 0 bridgehead atoms. The van der Waals surface area contributed by atoms with Crippen LogP contribution in [0, 0.1) is 5.92 Å². The monoisotopic (exact) mass is 669 g/mol. The Morgan fingerprint density at radius 2 is 1.61 bits per heavy atom. The molecule has 8 nitrogen and oxygen atoms in total. The summed E-state index contributed by atoms with van der Waals surface area (Å²) in [5.41, 5.74) is 3.19. The minimum absolute atomic E-state index is 0.0694. The SMILES string of the molecule is CC(=O)N1CCC(N(CC(C)C)C2CCN(C(=O)C(Cc3ccc(Cl)cc3Cl)NC(=O)CC3NCCc4ccccc43)CC2)CC1. The van der Waals surface area contributed by atoms with Gasteiger partial charge in [0, 0.05) is 80.7 Å². The van der Waals surface area contributed by atoms with Crippen LogP contribution in [0.15, 0.2) is 42.5 Å². The highest BCUT2D eigenvalue weighted by atomic mass is 35.5. The number of rotatable bonds is 10. The van der Waals surface area contributed by atoms with E-state index in [0.29, 0.717) is 47.6 Å². The maximum Gasteiger partial charge on any atom is 0.245 e. The second-order valence-corrected chi connectivity index (χ2v) is 14.4. The number of halogens is 2. The van der Waals surface area contributed by atoms with Gasteiger partial charge in [-0.05, 0) is 73.4 Å². The Kier molecular flexibility index (Phi) is 12.0. The van der Waals surface area contributed by atoms with Crippen LogP contribution in [0.25, 0.3) is 0 Å². The highest BCUT2D eigenvalue weighted by Gasteiger charge is 2.36. The van der Waals surface area contributed by atoms with Crippen molar-refractivity contribution in [3.8, 4) is 0 Å². The number of amides is 3. The molecule has 46 heavy (non-hydrogen) atoms. The second kappa shape index (κ2) is 16.0. The fourth-order valence-corrected chi connectivity index (χ4v) is 7.98. The number of nitrogens with zero attached hydrogens (tertiary/aromatic N) is 3. The summed E-state index contributed by atoms with van der Waals surface area (Å²) < 4.78 is 0. The van der Waals surface area contributed by atoms with E-state index in [0.717, 1.165) is 69.4 Å². The van der Waals surface area contributed by atoms with Crippen molar-refractivity contribution in [1.82, 2.24) is 25.3 Å². The average molecular weight is 671 g/mol. The molecule has 3 aliphatic heterocycles. The standard InChI is InChI=1S/C36H49Cl2N5O3/c1-24(2)23-43(29-11-16-41(17-12-29)25(3)44)30-13-18-42(19-14-30)36(46)34(20-27-8-9-28(37)21-32(27)38)40-35(45)22-33-31-7-5-4-6-26(31)10-15-39-33/h4-9,21,24,29-30,33-34,39H,10-20,22-23H2,1-3H3,(H,40,45). The van der Waals surface area contributed by atoms with E-state index in [1.807, 2.05) is 28.0 Å². The van der Waals surface area contributed by atoms with Crippen LogP contribution in [0.3, 0.4) is 0 Å². The van der Waals surface area contributed by atoms with E-state index < -0.39 is 6.04 Å². The Morgan fingerprint density at radius 3 is 2.24 bits per heavy atom. The number of carbonyl (C=O) groups is 3. The van der Waals surface area contributed by atoms with Gasteiger partial charge in [0.2, 0.25) is 17.7 Å². The highest BCUT2D eigenvalue weighted by Crippen LogP contribution is 2.28. The second-order valence-electron chi connectivity index (χ2n) is 13.6. The van der Waals surface area contributed by atoms with Gasteiger partial charge in [-0.3, -0.25) is 19.3 Å². The summed E-state index contributed by atoms with van der Waals surface area (Å²) in [5, 5.41) is 7.61. The lowest BCUT2D eigenvalue weighted by molar-refractivity contribution is -0.138. The Hall–Kier alpha value is -2.65. The van der Waals surface area contributed by atoms with Gasteiger partial charge in [0.1, 0.15) is 6.04 Å². The van der Waals surface area contributed by atoms with Crippen molar-refractivity contribution in [2.75, 3.05) is 39.3 Å². The number of fused-ring (bicyclic) bond motifs is 1. The smallest absolute Gasteiger partial charge is 0.245 e. The molecule has 3 aliphatic rings. The predicted molar refractivity (Wildman–Crippen MR) is 184 cm³/mol. The molecular weight excluding hydrogens is 621 g/mol. The third-order valence-corrected chi connectivity index (χ3v) is 10.5. The van der Waals surface area contributed by atoms with Gasteiger partial charge in [-0.1, -0.05) is 67.4 Å². The van der Waals surface area contributed by atoms with E-state index in [2.05, 4.69) is 41.5 Å². The minimum Gasteiger partial charge on any atom is -0.344 e. The Bertz CT molecular complexity index is 1370. The summed E-state index contributed by atoms with van der Waals surface area (Å²) in [6.45, 7) is 10.9. The molecule has 3 amide bonds. The van der Waals surface area contributed by atoms with Gasteiger partial charge in [-0.2, -0.15) is 0 Å². The zero-order valence-corrected chi connectivity index (χ0v) is 29.0. The van der Waals surface area contributed by atoms with Crippen LogP contribution >= 0.6 is 23.2 Å². The quantitative estimate of drug-likeness (QED) is 0.361. The lowest BCUT2D eigenvalue weighted by Crippen LogP contribution is -2.56. The summed E-state index contributed by atoms with van der Waals surface area (Å²) in [6.07, 6.45) is 5.23. The van der Waals surface area contributed by atoms with Crippen LogP contribution in [0.5, 0.6) is 0 Å². The first kappa shape index (κ1) is 34.7. The molecule has 0 aliphatic carbocycles. The van der Waals surface area contributed by atoms with Crippen LogP contribution < -0.4 is 10.6 Å². The predicted octanol–water partition coefficient (Wildman–Crippen LogP) is 5.26. The zero-order chi connectivity index (χ0) is 32.8. The Labute approximate surface area is 284 Å². The van der Waals surface area contributed by atoms with Crippen molar-refractivity contribution in [3.63, 3.8) is 0 Å². The van der Waals surface area contributed by atoms with Gasteiger partial charge in [-0.15, -0.1) is 0 Å². The number of piperidine rings is 2. The Morgan fingerprint density at radius 1 is 0.957 bits per heavy atom. The van der Waals surface area contributed by atoms with Crippen molar-refractivity contribution in [3.05, 3.63) is 69.2 Å². The summed E-state index contributed by atoms with van der Waals surface area (Å²) in [6, 6.07) is 13.5. The van der Waals surface area contributed by atoms with Crippen LogP contribution in [-0.2, 0) is 27.2 Å². The maximum absolute atomic E-state index is 14.1. The van der Waals surface area contributed by atoms with E-state index in [9.17, 15) is 14.4 Å². The molecule has 2 N–H and O–H groups in total. The van der Waals surface area contributed by atoms with Crippen LogP contribution in [-0.4, -0.2) is 89.8 Å². The largest absolute Gasteiger partial charge is 0.344 e. The van der Waals surface area contributed by atoms with Crippen LogP contribution in [0.1, 0.15) is 75.6 Å². The Balaban J connectivity index is 1.26. The molecule has 2 saturated heterocycles. The minimum atomic E-state index is -0.732. The topological polar surface area (TPSA) is 85.0 Å². The summed E-state index contributed by atoms with van der Waals surface area (Å²) in [4.78, 5) is 46.1. The van der Waals surface area contributed by atoms with Gasteiger partial charge >= 0.3 is 0 Å². The van der Waals surface area contributed by atoms with Gasteiger partial charge in [0.05, 0.1) is 0 Å². The first-order chi connectivity index (χ1) is 22.1. The van der Waals surface area contributed by atoms with Crippen molar-refractivity contribution in [1.29, 1.82) is 0 Å². The molecule has 2 aromatic rings. The average Bonchev–Trinajstić information content (AvgIpc) is 3.04. The third-order valence-electron chi connectivity index (χ3n) is 9.88. The van der Waals surface area contributed by atoms with Crippen LogP contribution in [0.4, 0.5) is 0 Å². The summed E-state index contributed by atoms with van der Waals surface area (Å²) in [5.74, 6) is 0.453. The molecule has 250 valence electrons. The number of hydrogen-bond acceptors (Lipinski definition) is 5. The lowest BCUT2D eigenvalue weighted by Gasteiger charge is -2.46. The molecule has 3 heterocycles. The maximum atomic E-state index is 14.1. The van der Waals surface area contributed by atoms with Crippen LogP contribution in [0.2, 0.25) is 10.0 Å². The number of carbonyl (C=O) groups excluding carboxylic acids is 3. The number of benzene rings is 2. The molecule has 2 aromatic carbocycles. The number of likely N-dealkylation sites (tertiary alicyclic amines) is 2. The van der Waals surface area contributed by atoms with Gasteiger partial charge in [-0.25, -0.2) is 0 Å². The number of nitrogens with one attached hydrogen (secondary N) is 2. The van der Waals surface area contributed by atoms with Crippen molar-refractivity contribution < 1.29 is 14.4 Å². The molecular formula is C36H49Cl2N5O3. The lowest BCUT2D eigenvalue weighted by atomic mass is 9.92. The van der Waals surface area contributed by atoms with E-state index in [1.165, 1.54) is 5.56 Å². The van der Waals surface area contributed by atoms with Gasteiger partial charge < -0.3 is 20.4 Å². The van der Waals surface area contributed by atoms with E-state index in [4.69, 9.17) is 23.2 Å². The number of hydrogen-bond donors (Lipinski definition) is 2. The summed E-state index contributed by atoms with van der Waals surface area (Å²) in [7, 11) is 0. The first-order valence-corrected chi connectivity index (χ1v) is 17.7. The fourth-order valence-electron chi connectivity index (χ4n) is 7.49. The normalized spacial score (nSPS) is 20.1. The van der Waals surface area contributed by atoms with E-state index >= 15 is 0 Å². The molecule has 0 radical (unpaired) electrons. The van der Waals surface area contributed by atoms with Crippen molar-refractivity contribution >= 4 is 40.9 Å². The van der Waals surface area contributed by atoms with Crippen molar-refractivity contribution in [2.45, 2.75) is 89.9 Å². The summed E-state index contributed by atoms with van der Waals surface area (Å²) >= 11 is 12.7. The highest BCUT2D eigenvalue weighted by molar-refractivity contribution is 6.35.